The van der Waals surface area contributed by atoms with Crippen LogP contribution < -0.4 is 0 Å². The Morgan fingerprint density at radius 1 is 1.12 bits per heavy atom. The molecule has 0 saturated carbocycles. The van der Waals surface area contributed by atoms with Crippen LogP contribution in [0.25, 0.3) is 10.9 Å². The van der Waals surface area contributed by atoms with Crippen molar-refractivity contribution in [2.75, 3.05) is 0 Å². The van der Waals surface area contributed by atoms with Gasteiger partial charge in [0.1, 0.15) is 0 Å². The lowest BCUT2D eigenvalue weighted by Gasteiger charge is -2.02. The molecule has 0 aliphatic heterocycles. The van der Waals surface area contributed by atoms with Crippen molar-refractivity contribution in [3.05, 3.63) is 34.5 Å². The molecule has 0 atom stereocenters. The maximum Gasteiger partial charge on any atom is 0.336 e. The molecule has 0 saturated heterocycles. The molecule has 17 heavy (non-hydrogen) atoms. The summed E-state index contributed by atoms with van der Waals surface area (Å²) in [5.74, 6) is -2.26. The summed E-state index contributed by atoms with van der Waals surface area (Å²) in [6.45, 7) is 3.63. The lowest BCUT2D eigenvalue weighted by atomic mass is 10.0. The molecule has 0 bridgehead atoms. The number of benzene rings is 1. The van der Waals surface area contributed by atoms with E-state index in [0.29, 0.717) is 10.9 Å². The maximum atomic E-state index is 11.1. The summed E-state index contributed by atoms with van der Waals surface area (Å²) < 4.78 is 0. The van der Waals surface area contributed by atoms with Crippen molar-refractivity contribution < 1.29 is 19.8 Å². The molecule has 0 spiro atoms. The van der Waals surface area contributed by atoms with Crippen LogP contribution in [0.4, 0.5) is 0 Å². The minimum absolute atomic E-state index is 0.0155. The average Bonchev–Trinajstić information content (AvgIpc) is 2.53. The predicted octanol–water partition coefficient (Wildman–Crippen LogP) is 2.18. The predicted molar refractivity (Wildman–Crippen MR) is 61.7 cm³/mol. The molecule has 1 aromatic heterocycles. The number of carboxylic acids is 2. The molecule has 0 aliphatic carbocycles. The van der Waals surface area contributed by atoms with Crippen LogP contribution in [0.5, 0.6) is 0 Å². The van der Waals surface area contributed by atoms with E-state index in [4.69, 9.17) is 10.2 Å². The highest BCUT2D eigenvalue weighted by molar-refractivity contribution is 6.07. The van der Waals surface area contributed by atoms with E-state index in [-0.39, 0.29) is 11.1 Å². The van der Waals surface area contributed by atoms with Crippen LogP contribution in [0.2, 0.25) is 0 Å². The van der Waals surface area contributed by atoms with Crippen LogP contribution in [-0.2, 0) is 0 Å². The molecule has 0 aliphatic rings. The molecule has 0 radical (unpaired) electrons. The van der Waals surface area contributed by atoms with Gasteiger partial charge in [0.25, 0.3) is 0 Å². The second-order valence-corrected chi connectivity index (χ2v) is 3.93. The number of carboxylic acid groups (broad SMARTS) is 2. The van der Waals surface area contributed by atoms with Crippen LogP contribution in [0.15, 0.2) is 12.1 Å². The molecule has 88 valence electrons. The van der Waals surface area contributed by atoms with Gasteiger partial charge >= 0.3 is 11.9 Å². The quantitative estimate of drug-likeness (QED) is 0.741. The molecule has 1 aromatic carbocycles. The second kappa shape index (κ2) is 3.62. The van der Waals surface area contributed by atoms with Crippen LogP contribution in [-0.4, -0.2) is 27.1 Å². The third-order valence-electron chi connectivity index (χ3n) is 2.88. The standard InChI is InChI=1S/C12H11NO4/c1-5-6(2)13-9-4-7(11(14)15)3-8(10(5)9)12(16)17/h3-4,13H,1-2H3,(H,14,15)(H,16,17). The Morgan fingerprint density at radius 3 is 2.29 bits per heavy atom. The zero-order chi connectivity index (χ0) is 12.7. The van der Waals surface area contributed by atoms with Crippen molar-refractivity contribution in [3.8, 4) is 0 Å². The van der Waals surface area contributed by atoms with E-state index in [0.717, 1.165) is 11.3 Å². The first kappa shape index (κ1) is 11.2. The van der Waals surface area contributed by atoms with Crippen molar-refractivity contribution in [2.45, 2.75) is 13.8 Å². The fraction of sp³-hybridized carbons (Fsp3) is 0.167. The molecule has 2 aromatic rings. The minimum atomic E-state index is -1.14. The lowest BCUT2D eigenvalue weighted by molar-refractivity contribution is 0.0696. The number of aromatic nitrogens is 1. The van der Waals surface area contributed by atoms with Crippen LogP contribution in [0.3, 0.4) is 0 Å². The van der Waals surface area contributed by atoms with Gasteiger partial charge in [-0.2, -0.15) is 0 Å². The summed E-state index contributed by atoms with van der Waals surface area (Å²) >= 11 is 0. The van der Waals surface area contributed by atoms with Gasteiger partial charge in [0.15, 0.2) is 0 Å². The van der Waals surface area contributed by atoms with Gasteiger partial charge in [0.2, 0.25) is 0 Å². The number of hydrogen-bond donors (Lipinski definition) is 3. The number of carbonyl (C=O) groups is 2. The number of aromatic amines is 1. The first-order chi connectivity index (χ1) is 7.91. The van der Waals surface area contributed by atoms with Crippen LogP contribution in [0, 0.1) is 13.8 Å². The van der Waals surface area contributed by atoms with Gasteiger partial charge in [-0.15, -0.1) is 0 Å². The van der Waals surface area contributed by atoms with Gasteiger partial charge in [-0.25, -0.2) is 9.59 Å². The fourth-order valence-electron chi connectivity index (χ4n) is 1.92. The van der Waals surface area contributed by atoms with E-state index >= 15 is 0 Å². The largest absolute Gasteiger partial charge is 0.478 e. The summed E-state index contributed by atoms with van der Waals surface area (Å²) in [4.78, 5) is 25.0. The Labute approximate surface area is 96.7 Å². The lowest BCUT2D eigenvalue weighted by Crippen LogP contribution is -2.03. The first-order valence-corrected chi connectivity index (χ1v) is 5.01. The zero-order valence-corrected chi connectivity index (χ0v) is 9.37. The number of aromatic carboxylic acids is 2. The van der Waals surface area contributed by atoms with Gasteiger partial charge in [-0.05, 0) is 31.5 Å². The van der Waals surface area contributed by atoms with Gasteiger partial charge in [0.05, 0.1) is 11.1 Å². The van der Waals surface area contributed by atoms with E-state index in [2.05, 4.69) is 4.98 Å². The molecule has 5 nitrogen and oxygen atoms in total. The summed E-state index contributed by atoms with van der Waals surface area (Å²) in [6, 6.07) is 2.64. The summed E-state index contributed by atoms with van der Waals surface area (Å²) in [7, 11) is 0. The number of H-pyrrole nitrogens is 1. The highest BCUT2D eigenvalue weighted by atomic mass is 16.4. The zero-order valence-electron chi connectivity index (χ0n) is 9.37. The van der Waals surface area contributed by atoms with Crippen molar-refractivity contribution in [1.29, 1.82) is 0 Å². The molecule has 0 unspecified atom stereocenters. The summed E-state index contributed by atoms with van der Waals surface area (Å²) in [6.07, 6.45) is 0. The third-order valence-corrected chi connectivity index (χ3v) is 2.88. The number of nitrogens with one attached hydrogen (secondary N) is 1. The van der Waals surface area contributed by atoms with Crippen LogP contribution in [0.1, 0.15) is 32.0 Å². The number of aryl methyl sites for hydroxylation is 2. The molecular formula is C12H11NO4. The molecule has 3 N–H and O–H groups in total. The van der Waals surface area contributed by atoms with Gasteiger partial charge in [-0.3, -0.25) is 0 Å². The Morgan fingerprint density at radius 2 is 1.76 bits per heavy atom. The second-order valence-electron chi connectivity index (χ2n) is 3.93. The maximum absolute atomic E-state index is 11.1. The number of fused-ring (bicyclic) bond motifs is 1. The Balaban J connectivity index is 2.91. The third kappa shape index (κ3) is 1.65. The van der Waals surface area contributed by atoms with Crippen LogP contribution >= 0.6 is 0 Å². The monoisotopic (exact) mass is 233 g/mol. The molecule has 2 rings (SSSR count). The van der Waals surface area contributed by atoms with Gasteiger partial charge in [0, 0.05) is 16.6 Å². The Bertz CT molecular complexity index is 639. The van der Waals surface area contributed by atoms with E-state index < -0.39 is 11.9 Å². The molecule has 1 heterocycles. The molecule has 0 fully saturated rings. The highest BCUT2D eigenvalue weighted by Gasteiger charge is 2.17. The van der Waals surface area contributed by atoms with Crippen molar-refractivity contribution in [1.82, 2.24) is 4.98 Å². The number of hydrogen-bond acceptors (Lipinski definition) is 2. The van der Waals surface area contributed by atoms with E-state index in [1.807, 2.05) is 6.92 Å². The van der Waals surface area contributed by atoms with E-state index in [9.17, 15) is 9.59 Å². The topological polar surface area (TPSA) is 90.4 Å². The van der Waals surface area contributed by atoms with Crippen molar-refractivity contribution >= 4 is 22.8 Å². The highest BCUT2D eigenvalue weighted by Crippen LogP contribution is 2.26. The van der Waals surface area contributed by atoms with Crippen molar-refractivity contribution in [3.63, 3.8) is 0 Å². The van der Waals surface area contributed by atoms with Crippen molar-refractivity contribution in [2.24, 2.45) is 0 Å². The first-order valence-electron chi connectivity index (χ1n) is 5.01. The Hall–Kier alpha value is -2.30. The Kier molecular flexibility index (Phi) is 2.38. The summed E-state index contributed by atoms with van der Waals surface area (Å²) in [5.41, 5.74) is 2.19. The van der Waals surface area contributed by atoms with E-state index in [1.165, 1.54) is 12.1 Å². The SMILES string of the molecule is Cc1[nH]c2cc(C(=O)O)cc(C(=O)O)c2c1C. The van der Waals surface area contributed by atoms with Gasteiger partial charge < -0.3 is 15.2 Å². The van der Waals surface area contributed by atoms with E-state index in [1.54, 1.807) is 6.92 Å². The normalized spacial score (nSPS) is 10.7. The van der Waals surface area contributed by atoms with Gasteiger partial charge in [-0.1, -0.05) is 0 Å². The number of rotatable bonds is 2. The smallest absolute Gasteiger partial charge is 0.336 e. The average molecular weight is 233 g/mol. The fourth-order valence-corrected chi connectivity index (χ4v) is 1.92. The molecule has 0 amide bonds. The molecular weight excluding hydrogens is 222 g/mol. The summed E-state index contributed by atoms with van der Waals surface area (Å²) in [5, 5.41) is 18.6. The minimum Gasteiger partial charge on any atom is -0.478 e. The molecule has 5 heteroatoms.